The van der Waals surface area contributed by atoms with Crippen molar-refractivity contribution in [1.82, 2.24) is 10.2 Å². The molecule has 22 heavy (non-hydrogen) atoms. The molecule has 2 amide bonds. The molecule has 7 nitrogen and oxygen atoms in total. The van der Waals surface area contributed by atoms with E-state index in [2.05, 4.69) is 5.32 Å². The zero-order valence-corrected chi connectivity index (χ0v) is 13.2. The Bertz CT molecular complexity index is 524. The largest absolute Gasteiger partial charge is 0.481 e. The Kier molecular flexibility index (Phi) is 6.15. The third-order valence-corrected chi connectivity index (χ3v) is 3.31. The van der Waals surface area contributed by atoms with Crippen LogP contribution >= 0.6 is 0 Å². The maximum atomic E-state index is 12.4. The van der Waals surface area contributed by atoms with Gasteiger partial charge in [0.25, 0.3) is 5.91 Å². The van der Waals surface area contributed by atoms with Crippen molar-refractivity contribution in [2.24, 2.45) is 11.8 Å². The topological polar surface area (TPSA) is 99.9 Å². The minimum Gasteiger partial charge on any atom is -0.481 e. The van der Waals surface area contributed by atoms with Crippen LogP contribution in [0.1, 0.15) is 31.3 Å². The Morgan fingerprint density at radius 1 is 1.32 bits per heavy atom. The van der Waals surface area contributed by atoms with E-state index in [1.54, 1.807) is 19.9 Å². The molecular formula is C15H22N2O5. The summed E-state index contributed by atoms with van der Waals surface area (Å²) in [5, 5.41) is 11.5. The van der Waals surface area contributed by atoms with Gasteiger partial charge in [-0.3, -0.25) is 14.4 Å². The molecule has 0 radical (unpaired) electrons. The highest BCUT2D eigenvalue weighted by Gasteiger charge is 2.29. The Labute approximate surface area is 129 Å². The molecule has 0 aliphatic heterocycles. The van der Waals surface area contributed by atoms with Crippen molar-refractivity contribution in [3.8, 4) is 0 Å². The second-order valence-electron chi connectivity index (χ2n) is 5.63. The predicted molar refractivity (Wildman–Crippen MR) is 79.2 cm³/mol. The van der Waals surface area contributed by atoms with Gasteiger partial charge in [-0.1, -0.05) is 20.8 Å². The van der Waals surface area contributed by atoms with Crippen LogP contribution in [0, 0.1) is 11.8 Å². The van der Waals surface area contributed by atoms with E-state index in [1.165, 1.54) is 31.2 Å². The lowest BCUT2D eigenvalue weighted by atomic mass is 10.0. The number of carboxylic acid groups (broad SMARTS) is 1. The van der Waals surface area contributed by atoms with E-state index < -0.39 is 23.8 Å². The molecular weight excluding hydrogens is 288 g/mol. The van der Waals surface area contributed by atoms with Crippen LogP contribution in [-0.4, -0.2) is 47.4 Å². The lowest BCUT2D eigenvalue weighted by Crippen LogP contribution is -2.51. The van der Waals surface area contributed by atoms with Gasteiger partial charge in [0.2, 0.25) is 5.91 Å². The molecule has 1 rings (SSSR count). The zero-order chi connectivity index (χ0) is 16.9. The van der Waals surface area contributed by atoms with Gasteiger partial charge >= 0.3 is 5.97 Å². The van der Waals surface area contributed by atoms with Crippen LogP contribution in [0.2, 0.25) is 0 Å². The summed E-state index contributed by atoms with van der Waals surface area (Å²) >= 11 is 0. The predicted octanol–water partition coefficient (Wildman–Crippen LogP) is 1.21. The molecule has 0 saturated heterocycles. The minimum absolute atomic E-state index is 0.0774. The van der Waals surface area contributed by atoms with E-state index in [1.807, 2.05) is 0 Å². The first-order valence-electron chi connectivity index (χ1n) is 7.06. The maximum Gasteiger partial charge on any atom is 0.308 e. The van der Waals surface area contributed by atoms with E-state index in [9.17, 15) is 14.4 Å². The first-order valence-corrected chi connectivity index (χ1v) is 7.06. The highest BCUT2D eigenvalue weighted by molar-refractivity contribution is 5.95. The number of likely N-dealkylation sites (N-methyl/N-ethyl adjacent to an activating group) is 1. The Morgan fingerprint density at radius 3 is 2.41 bits per heavy atom. The molecule has 0 spiro atoms. The molecule has 0 saturated carbocycles. The van der Waals surface area contributed by atoms with Crippen molar-refractivity contribution in [1.29, 1.82) is 0 Å². The number of hydrogen-bond donors (Lipinski definition) is 2. The molecule has 2 unspecified atom stereocenters. The highest BCUT2D eigenvalue weighted by Crippen LogP contribution is 2.09. The van der Waals surface area contributed by atoms with Crippen LogP contribution in [0.15, 0.2) is 22.8 Å². The number of amides is 2. The third-order valence-electron chi connectivity index (χ3n) is 3.31. The number of nitrogens with one attached hydrogen (secondary N) is 1. The number of carboxylic acids is 1. The molecule has 1 aromatic heterocycles. The van der Waals surface area contributed by atoms with E-state index in [4.69, 9.17) is 9.52 Å². The quantitative estimate of drug-likeness (QED) is 0.788. The van der Waals surface area contributed by atoms with Crippen LogP contribution in [0.5, 0.6) is 0 Å². The SMILES string of the molecule is CC(CN(C)C(=O)C(NC(=O)c1ccco1)C(C)C)C(=O)O. The van der Waals surface area contributed by atoms with Gasteiger partial charge in [0.15, 0.2) is 5.76 Å². The van der Waals surface area contributed by atoms with Crippen molar-refractivity contribution in [2.45, 2.75) is 26.8 Å². The van der Waals surface area contributed by atoms with Gasteiger partial charge in [0.05, 0.1) is 12.2 Å². The standard InChI is InChI=1S/C15H22N2O5/c1-9(2)12(16-13(18)11-6-5-7-22-11)14(19)17(4)8-10(3)15(20)21/h5-7,9-10,12H,8H2,1-4H3,(H,16,18)(H,20,21). The first kappa shape index (κ1) is 17.7. The van der Waals surface area contributed by atoms with E-state index in [0.717, 1.165) is 0 Å². The first-order chi connectivity index (χ1) is 10.2. The fourth-order valence-corrected chi connectivity index (χ4v) is 1.95. The van der Waals surface area contributed by atoms with Crippen molar-refractivity contribution < 1.29 is 23.9 Å². The molecule has 2 atom stereocenters. The minimum atomic E-state index is -0.972. The van der Waals surface area contributed by atoms with Gasteiger partial charge in [-0.25, -0.2) is 0 Å². The summed E-state index contributed by atoms with van der Waals surface area (Å²) in [5.41, 5.74) is 0. The molecule has 0 aliphatic rings. The summed E-state index contributed by atoms with van der Waals surface area (Å²) in [6.07, 6.45) is 1.38. The smallest absolute Gasteiger partial charge is 0.308 e. The van der Waals surface area contributed by atoms with E-state index >= 15 is 0 Å². The number of nitrogens with zero attached hydrogens (tertiary/aromatic N) is 1. The number of carbonyl (C=O) groups excluding carboxylic acids is 2. The Balaban J connectivity index is 2.75. The van der Waals surface area contributed by atoms with Crippen LogP contribution < -0.4 is 5.32 Å². The van der Waals surface area contributed by atoms with Gasteiger partial charge < -0.3 is 19.7 Å². The summed E-state index contributed by atoms with van der Waals surface area (Å²) in [7, 11) is 1.52. The monoisotopic (exact) mass is 310 g/mol. The van der Waals surface area contributed by atoms with Gasteiger partial charge in [-0.15, -0.1) is 0 Å². The summed E-state index contributed by atoms with van der Waals surface area (Å²) in [4.78, 5) is 36.6. The third kappa shape index (κ3) is 4.61. The van der Waals surface area contributed by atoms with Crippen molar-refractivity contribution in [3.63, 3.8) is 0 Å². The highest BCUT2D eigenvalue weighted by atomic mass is 16.4. The molecule has 7 heteroatoms. The van der Waals surface area contributed by atoms with Crippen LogP contribution in [0.25, 0.3) is 0 Å². The lowest BCUT2D eigenvalue weighted by molar-refractivity contribution is -0.143. The summed E-state index contributed by atoms with van der Waals surface area (Å²) in [6.45, 7) is 5.21. The Hall–Kier alpha value is -2.31. The molecule has 1 aromatic rings. The number of aliphatic carboxylic acids is 1. The van der Waals surface area contributed by atoms with Crippen LogP contribution in [0.3, 0.4) is 0 Å². The van der Waals surface area contributed by atoms with Gasteiger partial charge in [-0.05, 0) is 18.1 Å². The summed E-state index contributed by atoms with van der Waals surface area (Å²) in [5.74, 6) is -2.48. The Morgan fingerprint density at radius 2 is 1.95 bits per heavy atom. The van der Waals surface area contributed by atoms with Gasteiger partial charge in [0, 0.05) is 13.6 Å². The van der Waals surface area contributed by atoms with E-state index in [0.29, 0.717) is 0 Å². The van der Waals surface area contributed by atoms with Gasteiger partial charge in [-0.2, -0.15) is 0 Å². The lowest BCUT2D eigenvalue weighted by Gasteiger charge is -2.27. The number of hydrogen-bond acceptors (Lipinski definition) is 4. The van der Waals surface area contributed by atoms with Gasteiger partial charge in [0.1, 0.15) is 6.04 Å². The number of carbonyl (C=O) groups is 3. The number of furan rings is 1. The van der Waals surface area contributed by atoms with Crippen molar-refractivity contribution in [3.05, 3.63) is 24.2 Å². The maximum absolute atomic E-state index is 12.4. The van der Waals surface area contributed by atoms with Crippen LogP contribution in [-0.2, 0) is 9.59 Å². The summed E-state index contributed by atoms with van der Waals surface area (Å²) in [6, 6.07) is 2.35. The van der Waals surface area contributed by atoms with Crippen LogP contribution in [0.4, 0.5) is 0 Å². The molecule has 1 heterocycles. The van der Waals surface area contributed by atoms with E-state index in [-0.39, 0.29) is 24.1 Å². The molecule has 0 aromatic carbocycles. The zero-order valence-electron chi connectivity index (χ0n) is 13.2. The van der Waals surface area contributed by atoms with Crippen molar-refractivity contribution >= 4 is 17.8 Å². The average Bonchev–Trinajstić information content (AvgIpc) is 2.97. The fraction of sp³-hybridized carbons (Fsp3) is 0.533. The molecule has 2 N–H and O–H groups in total. The number of rotatable bonds is 7. The normalized spacial score (nSPS) is 13.5. The molecule has 0 bridgehead atoms. The average molecular weight is 310 g/mol. The second kappa shape index (κ2) is 7.63. The second-order valence-corrected chi connectivity index (χ2v) is 5.63. The molecule has 0 aliphatic carbocycles. The molecule has 122 valence electrons. The van der Waals surface area contributed by atoms with Crippen molar-refractivity contribution in [2.75, 3.05) is 13.6 Å². The fourth-order valence-electron chi connectivity index (χ4n) is 1.95. The summed E-state index contributed by atoms with van der Waals surface area (Å²) < 4.78 is 5.00. The molecule has 0 fully saturated rings.